The summed E-state index contributed by atoms with van der Waals surface area (Å²) in [6.45, 7) is 0.673. The lowest BCUT2D eigenvalue weighted by Crippen LogP contribution is -2.19. The minimum absolute atomic E-state index is 0.218. The second-order valence-corrected chi connectivity index (χ2v) is 6.70. The molecule has 0 bridgehead atoms. The summed E-state index contributed by atoms with van der Waals surface area (Å²) in [5, 5.41) is 6.28. The number of rotatable bonds is 5. The number of benzene rings is 3. The Morgan fingerprint density at radius 1 is 0.828 bits per heavy atom. The number of urea groups is 1. The first-order chi connectivity index (χ1) is 14.1. The van der Waals surface area contributed by atoms with E-state index in [1.54, 1.807) is 24.3 Å². The molecule has 0 aliphatic heterocycles. The summed E-state index contributed by atoms with van der Waals surface area (Å²) in [5.74, 6) is -0.218. The molecule has 144 valence electrons. The standard InChI is InChI=1S/C23H20N4O2/c24-23(29)26-18-10-6-9-17(13-18)25-22(28)20-15-27(14-16-7-2-1-3-8-16)21-12-5-4-11-19(20)21/h1-13,15H,14H2,(H,25,28)(H3,24,26,29). The second kappa shape index (κ2) is 7.90. The van der Waals surface area contributed by atoms with Gasteiger partial charge in [-0.05, 0) is 29.8 Å². The molecule has 0 aliphatic carbocycles. The zero-order valence-corrected chi connectivity index (χ0v) is 15.6. The van der Waals surface area contributed by atoms with Gasteiger partial charge in [0.05, 0.1) is 5.56 Å². The van der Waals surface area contributed by atoms with Gasteiger partial charge in [-0.15, -0.1) is 0 Å². The number of anilines is 2. The van der Waals surface area contributed by atoms with Crippen molar-refractivity contribution in [3.63, 3.8) is 0 Å². The van der Waals surface area contributed by atoms with E-state index in [0.717, 1.165) is 16.5 Å². The average molecular weight is 384 g/mol. The van der Waals surface area contributed by atoms with Crippen LogP contribution in [0.1, 0.15) is 15.9 Å². The molecule has 3 amide bonds. The summed E-state index contributed by atoms with van der Waals surface area (Å²) in [7, 11) is 0. The number of nitrogens with two attached hydrogens (primary N) is 1. The highest BCUT2D eigenvalue weighted by Gasteiger charge is 2.15. The van der Waals surface area contributed by atoms with Gasteiger partial charge in [-0.1, -0.05) is 54.6 Å². The predicted molar refractivity (Wildman–Crippen MR) is 115 cm³/mol. The third kappa shape index (κ3) is 4.11. The molecule has 6 nitrogen and oxygen atoms in total. The molecule has 1 heterocycles. The van der Waals surface area contributed by atoms with E-state index < -0.39 is 6.03 Å². The molecule has 4 N–H and O–H groups in total. The van der Waals surface area contributed by atoms with E-state index in [2.05, 4.69) is 27.3 Å². The number of carbonyl (C=O) groups is 2. The van der Waals surface area contributed by atoms with Gasteiger partial charge >= 0.3 is 6.03 Å². The molecule has 0 aliphatic rings. The zero-order valence-electron chi connectivity index (χ0n) is 15.6. The van der Waals surface area contributed by atoms with Gasteiger partial charge in [0.1, 0.15) is 0 Å². The molecule has 0 saturated heterocycles. The number of fused-ring (bicyclic) bond motifs is 1. The molecular weight excluding hydrogens is 364 g/mol. The molecule has 0 atom stereocenters. The number of hydrogen-bond donors (Lipinski definition) is 3. The monoisotopic (exact) mass is 384 g/mol. The van der Waals surface area contributed by atoms with E-state index >= 15 is 0 Å². The maximum atomic E-state index is 13.0. The van der Waals surface area contributed by atoms with Crippen LogP contribution >= 0.6 is 0 Å². The molecule has 6 heteroatoms. The first kappa shape index (κ1) is 18.3. The van der Waals surface area contributed by atoms with Crippen LogP contribution in [0.3, 0.4) is 0 Å². The Bertz CT molecular complexity index is 1180. The van der Waals surface area contributed by atoms with Gasteiger partial charge in [-0.2, -0.15) is 0 Å². The third-order valence-corrected chi connectivity index (χ3v) is 4.62. The first-order valence-electron chi connectivity index (χ1n) is 9.20. The lowest BCUT2D eigenvalue weighted by atomic mass is 10.1. The number of amides is 3. The van der Waals surface area contributed by atoms with E-state index in [1.165, 1.54) is 0 Å². The van der Waals surface area contributed by atoms with Gasteiger partial charge < -0.3 is 20.9 Å². The van der Waals surface area contributed by atoms with Gasteiger partial charge in [0.15, 0.2) is 0 Å². The van der Waals surface area contributed by atoms with Crippen molar-refractivity contribution >= 4 is 34.2 Å². The lowest BCUT2D eigenvalue weighted by Gasteiger charge is -2.07. The average Bonchev–Trinajstić information content (AvgIpc) is 3.07. The van der Waals surface area contributed by atoms with E-state index in [-0.39, 0.29) is 5.91 Å². The highest BCUT2D eigenvalue weighted by atomic mass is 16.2. The zero-order chi connectivity index (χ0) is 20.2. The topological polar surface area (TPSA) is 89.2 Å². The summed E-state index contributed by atoms with van der Waals surface area (Å²) < 4.78 is 2.07. The van der Waals surface area contributed by atoms with Crippen molar-refractivity contribution in [2.45, 2.75) is 6.54 Å². The molecule has 0 spiro atoms. The molecule has 29 heavy (non-hydrogen) atoms. The Hall–Kier alpha value is -4.06. The summed E-state index contributed by atoms with van der Waals surface area (Å²) in [4.78, 5) is 24.0. The van der Waals surface area contributed by atoms with Crippen LogP contribution in [0, 0.1) is 0 Å². The van der Waals surface area contributed by atoms with Gasteiger partial charge in [-0.25, -0.2) is 4.79 Å². The number of hydrogen-bond acceptors (Lipinski definition) is 2. The number of aromatic nitrogens is 1. The molecule has 0 saturated carbocycles. The van der Waals surface area contributed by atoms with E-state index in [9.17, 15) is 9.59 Å². The van der Waals surface area contributed by atoms with Crippen LogP contribution < -0.4 is 16.4 Å². The van der Waals surface area contributed by atoms with Crippen molar-refractivity contribution in [2.24, 2.45) is 5.73 Å². The van der Waals surface area contributed by atoms with E-state index in [1.807, 2.05) is 48.7 Å². The molecule has 4 rings (SSSR count). The predicted octanol–water partition coefficient (Wildman–Crippen LogP) is 4.43. The Balaban J connectivity index is 1.64. The van der Waals surface area contributed by atoms with Gasteiger partial charge in [0, 0.05) is 35.0 Å². The maximum absolute atomic E-state index is 13.0. The van der Waals surface area contributed by atoms with Crippen molar-refractivity contribution in [3.05, 3.63) is 96.2 Å². The Morgan fingerprint density at radius 2 is 1.52 bits per heavy atom. The normalized spacial score (nSPS) is 10.6. The maximum Gasteiger partial charge on any atom is 0.316 e. The fourth-order valence-corrected chi connectivity index (χ4v) is 3.35. The summed E-state index contributed by atoms with van der Waals surface area (Å²) >= 11 is 0. The Morgan fingerprint density at radius 3 is 2.28 bits per heavy atom. The number of nitrogens with one attached hydrogen (secondary N) is 2. The van der Waals surface area contributed by atoms with Crippen LogP contribution in [0.15, 0.2) is 85.1 Å². The van der Waals surface area contributed by atoms with Crippen LogP contribution in [0.4, 0.5) is 16.2 Å². The fourth-order valence-electron chi connectivity index (χ4n) is 3.35. The van der Waals surface area contributed by atoms with Crippen molar-refractivity contribution in [1.29, 1.82) is 0 Å². The number of carbonyl (C=O) groups excluding carboxylic acids is 2. The number of nitrogens with zero attached hydrogens (tertiary/aromatic N) is 1. The van der Waals surface area contributed by atoms with Crippen molar-refractivity contribution in [3.8, 4) is 0 Å². The highest BCUT2D eigenvalue weighted by molar-refractivity contribution is 6.13. The molecule has 0 radical (unpaired) electrons. The first-order valence-corrected chi connectivity index (χ1v) is 9.20. The van der Waals surface area contributed by atoms with Gasteiger partial charge in [0.2, 0.25) is 0 Å². The van der Waals surface area contributed by atoms with E-state index in [0.29, 0.717) is 23.5 Å². The van der Waals surface area contributed by atoms with Gasteiger partial charge in [-0.3, -0.25) is 4.79 Å². The van der Waals surface area contributed by atoms with Crippen LogP contribution in [-0.2, 0) is 6.54 Å². The fraction of sp³-hybridized carbons (Fsp3) is 0.0435. The van der Waals surface area contributed by atoms with Crippen LogP contribution in [-0.4, -0.2) is 16.5 Å². The van der Waals surface area contributed by atoms with Crippen molar-refractivity contribution in [2.75, 3.05) is 10.6 Å². The number of primary amides is 1. The quantitative estimate of drug-likeness (QED) is 0.475. The Labute approximate surface area is 168 Å². The largest absolute Gasteiger partial charge is 0.351 e. The van der Waals surface area contributed by atoms with Crippen LogP contribution in [0.25, 0.3) is 10.9 Å². The Kier molecular flexibility index (Phi) is 4.99. The number of para-hydroxylation sites is 1. The lowest BCUT2D eigenvalue weighted by molar-refractivity contribution is 0.102. The molecule has 3 aromatic carbocycles. The smallest absolute Gasteiger partial charge is 0.316 e. The molecule has 0 unspecified atom stereocenters. The summed E-state index contributed by atoms with van der Waals surface area (Å²) in [6.07, 6.45) is 1.87. The van der Waals surface area contributed by atoms with Crippen molar-refractivity contribution < 1.29 is 9.59 Å². The summed E-state index contributed by atoms with van der Waals surface area (Å²) in [5.41, 5.74) is 8.98. The van der Waals surface area contributed by atoms with Crippen LogP contribution in [0.2, 0.25) is 0 Å². The molecule has 0 fully saturated rings. The van der Waals surface area contributed by atoms with Gasteiger partial charge in [0.25, 0.3) is 5.91 Å². The minimum atomic E-state index is -0.655. The second-order valence-electron chi connectivity index (χ2n) is 6.70. The molecule has 1 aromatic heterocycles. The summed E-state index contributed by atoms with van der Waals surface area (Å²) in [6, 6.07) is 24.1. The van der Waals surface area contributed by atoms with Crippen LogP contribution in [0.5, 0.6) is 0 Å². The minimum Gasteiger partial charge on any atom is -0.351 e. The highest BCUT2D eigenvalue weighted by Crippen LogP contribution is 2.24. The van der Waals surface area contributed by atoms with E-state index in [4.69, 9.17) is 5.73 Å². The SMILES string of the molecule is NC(=O)Nc1cccc(NC(=O)c2cn(Cc3ccccc3)c3ccccc23)c1. The van der Waals surface area contributed by atoms with Crippen molar-refractivity contribution in [1.82, 2.24) is 4.57 Å². The molecular formula is C23H20N4O2. The third-order valence-electron chi connectivity index (χ3n) is 4.62. The molecule has 4 aromatic rings.